The molecule has 0 fully saturated rings. The van der Waals surface area contributed by atoms with Gasteiger partial charge >= 0.3 is 0 Å². The largest absolute Gasteiger partial charge is 0.279 e. The molecule has 104 valence electrons. The van der Waals surface area contributed by atoms with Crippen LogP contribution in [0.2, 0.25) is 5.02 Å². The number of hydrogen-bond acceptors (Lipinski definition) is 4. The van der Waals surface area contributed by atoms with Crippen LogP contribution in [0.4, 0.5) is 0 Å². The first-order chi connectivity index (χ1) is 9.61. The highest BCUT2D eigenvalue weighted by Crippen LogP contribution is 2.29. The minimum Gasteiger partial charge on any atom is -0.274 e. The van der Waals surface area contributed by atoms with Crippen molar-refractivity contribution in [2.24, 2.45) is 0 Å². The first-order valence-electron chi connectivity index (χ1n) is 5.82. The lowest BCUT2D eigenvalue weighted by atomic mass is 10.3. The molecule has 0 atom stereocenters. The fraction of sp³-hybridized carbons (Fsp3) is 0.143. The van der Waals surface area contributed by atoms with Gasteiger partial charge in [0, 0.05) is 23.2 Å². The Morgan fingerprint density at radius 3 is 2.65 bits per heavy atom. The predicted octanol–water partition coefficient (Wildman–Crippen LogP) is 3.52. The zero-order valence-corrected chi connectivity index (χ0v) is 12.6. The maximum Gasteiger partial charge on any atom is 0.279 e. The second kappa shape index (κ2) is 6.74. The molecule has 20 heavy (non-hydrogen) atoms. The minimum atomic E-state index is -0.239. The molecule has 2 aromatic rings. The summed E-state index contributed by atoms with van der Waals surface area (Å²) in [5.74, 6) is -0.239. The van der Waals surface area contributed by atoms with Gasteiger partial charge in [0.1, 0.15) is 5.03 Å². The maximum atomic E-state index is 12.2. The maximum absolute atomic E-state index is 12.2. The molecule has 0 saturated heterocycles. The van der Waals surface area contributed by atoms with Crippen LogP contribution in [0.1, 0.15) is 10.4 Å². The number of amides is 1. The van der Waals surface area contributed by atoms with Gasteiger partial charge < -0.3 is 0 Å². The van der Waals surface area contributed by atoms with E-state index in [1.54, 1.807) is 37.5 Å². The number of nitrogens with zero attached hydrogens (tertiary/aromatic N) is 2. The number of benzene rings is 1. The summed E-state index contributed by atoms with van der Waals surface area (Å²) in [7, 11) is 3.01. The van der Waals surface area contributed by atoms with Crippen LogP contribution in [0.25, 0.3) is 0 Å². The third-order valence-electron chi connectivity index (χ3n) is 2.59. The SMILES string of the molecule is CON(C)C(=O)c1cccnc1Sc1ccc(Cl)cc1. The van der Waals surface area contributed by atoms with E-state index in [9.17, 15) is 4.79 Å². The molecule has 1 amide bonds. The van der Waals surface area contributed by atoms with Crippen molar-refractivity contribution < 1.29 is 9.63 Å². The molecule has 0 bridgehead atoms. The minimum absolute atomic E-state index is 0.239. The Hall–Kier alpha value is -1.56. The van der Waals surface area contributed by atoms with Crippen molar-refractivity contribution in [3.63, 3.8) is 0 Å². The van der Waals surface area contributed by atoms with Crippen molar-refractivity contribution in [2.45, 2.75) is 9.92 Å². The van der Waals surface area contributed by atoms with Gasteiger partial charge in [-0.3, -0.25) is 9.63 Å². The van der Waals surface area contributed by atoms with Crippen LogP contribution < -0.4 is 0 Å². The molecule has 2 rings (SSSR count). The first kappa shape index (κ1) is 14.8. The van der Waals surface area contributed by atoms with Gasteiger partial charge in [-0.25, -0.2) is 10.0 Å². The van der Waals surface area contributed by atoms with Crippen LogP contribution in [0, 0.1) is 0 Å². The molecule has 0 unspecified atom stereocenters. The van der Waals surface area contributed by atoms with E-state index in [0.29, 0.717) is 15.6 Å². The van der Waals surface area contributed by atoms with Crippen molar-refractivity contribution >= 4 is 29.3 Å². The van der Waals surface area contributed by atoms with E-state index in [1.165, 1.54) is 23.9 Å². The van der Waals surface area contributed by atoms with Gasteiger partial charge in [-0.15, -0.1) is 0 Å². The molecule has 0 aliphatic heterocycles. The standard InChI is InChI=1S/C14H13ClN2O2S/c1-17(19-2)14(18)12-4-3-9-16-13(12)20-11-7-5-10(15)6-8-11/h3-9H,1-2H3. The van der Waals surface area contributed by atoms with Crippen LogP contribution in [0.3, 0.4) is 0 Å². The third-order valence-corrected chi connectivity index (χ3v) is 3.87. The highest BCUT2D eigenvalue weighted by atomic mass is 35.5. The second-order valence-electron chi connectivity index (χ2n) is 3.90. The summed E-state index contributed by atoms with van der Waals surface area (Å²) in [5.41, 5.74) is 0.497. The fourth-order valence-corrected chi connectivity index (χ4v) is 2.50. The molecule has 0 aliphatic carbocycles. The van der Waals surface area contributed by atoms with Crippen LogP contribution in [0.5, 0.6) is 0 Å². The number of carbonyl (C=O) groups excluding carboxylic acids is 1. The van der Waals surface area contributed by atoms with E-state index in [2.05, 4.69) is 4.98 Å². The van der Waals surface area contributed by atoms with Crippen molar-refractivity contribution in [2.75, 3.05) is 14.2 Å². The average molecular weight is 309 g/mol. The Morgan fingerprint density at radius 2 is 2.00 bits per heavy atom. The van der Waals surface area contributed by atoms with Crippen molar-refractivity contribution in [1.29, 1.82) is 0 Å². The van der Waals surface area contributed by atoms with Crippen LogP contribution in [-0.4, -0.2) is 30.1 Å². The summed E-state index contributed by atoms with van der Waals surface area (Å²) >= 11 is 7.26. The average Bonchev–Trinajstić information content (AvgIpc) is 2.48. The predicted molar refractivity (Wildman–Crippen MR) is 78.9 cm³/mol. The van der Waals surface area contributed by atoms with Gasteiger partial charge in [0.25, 0.3) is 5.91 Å². The Bertz CT molecular complexity index is 604. The molecule has 0 radical (unpaired) electrons. The van der Waals surface area contributed by atoms with Crippen molar-refractivity contribution in [3.05, 3.63) is 53.2 Å². The van der Waals surface area contributed by atoms with E-state index >= 15 is 0 Å². The number of pyridine rings is 1. The molecule has 6 heteroatoms. The quantitative estimate of drug-likeness (QED) is 0.811. The number of aromatic nitrogens is 1. The van der Waals surface area contributed by atoms with Gasteiger partial charge in [-0.2, -0.15) is 0 Å². The molecule has 4 nitrogen and oxygen atoms in total. The summed E-state index contributed by atoms with van der Waals surface area (Å²) in [6.07, 6.45) is 1.65. The number of hydroxylamine groups is 2. The molecule has 0 saturated carbocycles. The van der Waals surface area contributed by atoms with Gasteiger partial charge in [0.2, 0.25) is 0 Å². The highest BCUT2D eigenvalue weighted by Gasteiger charge is 2.17. The third kappa shape index (κ3) is 3.50. The Morgan fingerprint density at radius 1 is 1.30 bits per heavy atom. The molecule has 1 heterocycles. The zero-order chi connectivity index (χ0) is 14.5. The first-order valence-corrected chi connectivity index (χ1v) is 7.02. The van der Waals surface area contributed by atoms with E-state index in [4.69, 9.17) is 16.4 Å². The van der Waals surface area contributed by atoms with E-state index in [-0.39, 0.29) is 5.91 Å². The second-order valence-corrected chi connectivity index (χ2v) is 5.40. The van der Waals surface area contributed by atoms with Gasteiger partial charge in [0.05, 0.1) is 12.7 Å². The highest BCUT2D eigenvalue weighted by molar-refractivity contribution is 7.99. The van der Waals surface area contributed by atoms with E-state index in [1.807, 2.05) is 12.1 Å². The lowest BCUT2D eigenvalue weighted by molar-refractivity contribution is -0.0759. The Labute approximate surface area is 126 Å². The molecular formula is C14H13ClN2O2S. The molecule has 1 aromatic heterocycles. The van der Waals surface area contributed by atoms with Crippen LogP contribution >= 0.6 is 23.4 Å². The topological polar surface area (TPSA) is 42.4 Å². The summed E-state index contributed by atoms with van der Waals surface area (Å²) in [5, 5.41) is 2.47. The van der Waals surface area contributed by atoms with Gasteiger partial charge in [-0.1, -0.05) is 23.4 Å². The number of rotatable bonds is 4. The Kier molecular flexibility index (Phi) is 5.00. The van der Waals surface area contributed by atoms with Crippen molar-refractivity contribution in [1.82, 2.24) is 10.0 Å². The molecule has 0 aliphatic rings. The molecular weight excluding hydrogens is 296 g/mol. The lowest BCUT2D eigenvalue weighted by Gasteiger charge is -2.15. The summed E-state index contributed by atoms with van der Waals surface area (Å²) in [4.78, 5) is 22.3. The normalized spacial score (nSPS) is 10.3. The monoisotopic (exact) mass is 308 g/mol. The fourth-order valence-electron chi connectivity index (χ4n) is 1.50. The van der Waals surface area contributed by atoms with Crippen LogP contribution in [-0.2, 0) is 4.84 Å². The number of halogens is 1. The summed E-state index contributed by atoms with van der Waals surface area (Å²) in [6, 6.07) is 10.8. The van der Waals surface area contributed by atoms with Gasteiger partial charge in [-0.05, 0) is 36.4 Å². The van der Waals surface area contributed by atoms with E-state index < -0.39 is 0 Å². The van der Waals surface area contributed by atoms with E-state index in [0.717, 1.165) is 4.90 Å². The summed E-state index contributed by atoms with van der Waals surface area (Å²) < 4.78 is 0. The Balaban J connectivity index is 2.28. The van der Waals surface area contributed by atoms with Crippen molar-refractivity contribution in [3.8, 4) is 0 Å². The number of carbonyl (C=O) groups is 1. The molecule has 0 spiro atoms. The van der Waals surface area contributed by atoms with Crippen LogP contribution in [0.15, 0.2) is 52.5 Å². The zero-order valence-electron chi connectivity index (χ0n) is 11.0. The smallest absolute Gasteiger partial charge is 0.274 e. The number of hydrogen-bond donors (Lipinski definition) is 0. The molecule has 0 N–H and O–H groups in total. The summed E-state index contributed by atoms with van der Waals surface area (Å²) in [6.45, 7) is 0. The lowest BCUT2D eigenvalue weighted by Crippen LogP contribution is -2.26. The van der Waals surface area contributed by atoms with Gasteiger partial charge in [0.15, 0.2) is 0 Å². The molecule has 1 aromatic carbocycles.